The van der Waals surface area contributed by atoms with Gasteiger partial charge >= 0.3 is 0 Å². The number of nitrogens with zero attached hydrogens (tertiary/aromatic N) is 3. The molecule has 0 bridgehead atoms. The molecule has 0 fully saturated rings. The second kappa shape index (κ2) is 7.36. The molecule has 0 unspecified atom stereocenters. The lowest BCUT2D eigenvalue weighted by molar-refractivity contribution is 0.481. The molecule has 29 heavy (non-hydrogen) atoms. The van der Waals surface area contributed by atoms with Gasteiger partial charge in [-0.25, -0.2) is 4.68 Å². The molecule has 0 aliphatic rings. The summed E-state index contributed by atoms with van der Waals surface area (Å²) in [7, 11) is -8.67. The Bertz CT molecular complexity index is 1350. The van der Waals surface area contributed by atoms with Gasteiger partial charge in [-0.05, 0) is 55.5 Å². The highest BCUT2D eigenvalue weighted by molar-refractivity contribution is 7.86. The smallest absolute Gasteiger partial charge is 0.293 e. The third-order valence-electron chi connectivity index (χ3n) is 3.83. The average Bonchev–Trinajstić information content (AvgIpc) is 2.93. The highest BCUT2D eigenvalue weighted by Gasteiger charge is 2.14. The molecule has 3 N–H and O–H groups in total. The largest absolute Gasteiger partial charge is 0.299 e. The summed E-state index contributed by atoms with van der Waals surface area (Å²) in [6.07, 6.45) is 0. The first-order chi connectivity index (χ1) is 13.5. The van der Waals surface area contributed by atoms with Crippen molar-refractivity contribution >= 4 is 31.6 Å². The Morgan fingerprint density at radius 3 is 1.79 bits per heavy atom. The van der Waals surface area contributed by atoms with Crippen LogP contribution in [0.1, 0.15) is 5.69 Å². The number of aryl methyl sites for hydroxylation is 1. The van der Waals surface area contributed by atoms with Crippen LogP contribution in [0.5, 0.6) is 0 Å². The molecule has 0 saturated heterocycles. The molecule has 0 aliphatic carbocycles. The monoisotopic (exact) mass is 438 g/mol. The Morgan fingerprint density at radius 2 is 1.31 bits per heavy atom. The molecule has 3 rings (SSSR count). The van der Waals surface area contributed by atoms with Gasteiger partial charge < -0.3 is 0 Å². The molecule has 11 nitrogen and oxygen atoms in total. The molecular formula is C16H14N4O7S2. The van der Waals surface area contributed by atoms with E-state index < -0.39 is 25.8 Å². The van der Waals surface area contributed by atoms with Gasteiger partial charge in [0.05, 0.1) is 26.9 Å². The van der Waals surface area contributed by atoms with Crippen LogP contribution in [0, 0.1) is 6.92 Å². The zero-order valence-corrected chi connectivity index (χ0v) is 16.3. The number of rotatable bonds is 5. The minimum atomic E-state index is -4.35. The van der Waals surface area contributed by atoms with E-state index in [0.717, 1.165) is 28.9 Å². The normalized spacial score (nSPS) is 12.5. The third kappa shape index (κ3) is 4.48. The standard InChI is InChI=1S/C16H14N4O7S2/c1-10-15(18-17-11-2-6-13(7-3-11)28(22,23)24)16(21)20(19-10)12-4-8-14(9-5-12)29(25,26)27/h2-9,19H,1H3,(H,22,23,24)(H,25,26,27). The maximum absolute atomic E-state index is 12.6. The molecule has 0 radical (unpaired) electrons. The third-order valence-corrected chi connectivity index (χ3v) is 5.57. The lowest BCUT2D eigenvalue weighted by atomic mass is 10.3. The average molecular weight is 438 g/mol. The van der Waals surface area contributed by atoms with Gasteiger partial charge in [-0.1, -0.05) is 0 Å². The minimum Gasteiger partial charge on any atom is -0.293 e. The molecule has 0 spiro atoms. The van der Waals surface area contributed by atoms with Crippen LogP contribution in [-0.2, 0) is 20.2 Å². The van der Waals surface area contributed by atoms with Crippen LogP contribution in [0.15, 0.2) is 73.3 Å². The summed E-state index contributed by atoms with van der Waals surface area (Å²) >= 11 is 0. The van der Waals surface area contributed by atoms with Crippen molar-refractivity contribution in [2.45, 2.75) is 16.7 Å². The van der Waals surface area contributed by atoms with Crippen molar-refractivity contribution in [3.63, 3.8) is 0 Å². The summed E-state index contributed by atoms with van der Waals surface area (Å²) in [6.45, 7) is 1.58. The van der Waals surface area contributed by atoms with Crippen LogP contribution in [0.3, 0.4) is 0 Å². The number of aromatic nitrogens is 2. The van der Waals surface area contributed by atoms with E-state index in [1.807, 2.05) is 0 Å². The fourth-order valence-electron chi connectivity index (χ4n) is 2.40. The zero-order chi connectivity index (χ0) is 21.4. The van der Waals surface area contributed by atoms with Gasteiger partial charge in [0.1, 0.15) is 0 Å². The van der Waals surface area contributed by atoms with Crippen molar-refractivity contribution in [2.75, 3.05) is 0 Å². The highest BCUT2D eigenvalue weighted by atomic mass is 32.2. The molecular weight excluding hydrogens is 424 g/mol. The number of nitrogens with one attached hydrogen (secondary N) is 1. The SMILES string of the molecule is Cc1[nH]n(-c2ccc(S(=O)(=O)O)cc2)c(=O)c1N=Nc1ccc(S(=O)(=O)O)cc1. The van der Waals surface area contributed by atoms with E-state index in [9.17, 15) is 21.6 Å². The fourth-order valence-corrected chi connectivity index (χ4v) is 3.36. The summed E-state index contributed by atoms with van der Waals surface area (Å²) in [5, 5.41) is 10.5. The van der Waals surface area contributed by atoms with Crippen molar-refractivity contribution < 1.29 is 25.9 Å². The predicted molar refractivity (Wildman–Crippen MR) is 101 cm³/mol. The summed E-state index contributed by atoms with van der Waals surface area (Å²) in [5.41, 5.74) is 0.376. The first-order valence-electron chi connectivity index (χ1n) is 7.85. The van der Waals surface area contributed by atoms with E-state index in [1.54, 1.807) is 6.92 Å². The molecule has 1 aromatic heterocycles. The molecule has 0 atom stereocenters. The van der Waals surface area contributed by atoms with Gasteiger partial charge in [-0.2, -0.15) is 21.9 Å². The molecule has 2 aromatic carbocycles. The topological polar surface area (TPSA) is 171 Å². The highest BCUT2D eigenvalue weighted by Crippen LogP contribution is 2.21. The molecule has 152 valence electrons. The Labute approximate surface area is 164 Å². The fraction of sp³-hybridized carbons (Fsp3) is 0.0625. The summed E-state index contributed by atoms with van der Waals surface area (Å²) in [5.74, 6) is 0. The van der Waals surface area contributed by atoms with Gasteiger partial charge in [0.2, 0.25) is 0 Å². The van der Waals surface area contributed by atoms with Gasteiger partial charge in [0, 0.05) is 0 Å². The van der Waals surface area contributed by atoms with Crippen LogP contribution in [0.2, 0.25) is 0 Å². The van der Waals surface area contributed by atoms with Gasteiger partial charge in [-0.3, -0.25) is 19.0 Å². The lowest BCUT2D eigenvalue weighted by Crippen LogP contribution is -2.14. The first kappa shape index (κ1) is 20.6. The summed E-state index contributed by atoms with van der Waals surface area (Å²) in [4.78, 5) is 12.0. The second-order valence-electron chi connectivity index (χ2n) is 5.86. The van der Waals surface area contributed by atoms with Crippen LogP contribution < -0.4 is 5.56 Å². The Hall–Kier alpha value is -3.13. The quantitative estimate of drug-likeness (QED) is 0.405. The minimum absolute atomic E-state index is 0.0114. The van der Waals surface area contributed by atoms with Gasteiger partial charge in [-0.15, -0.1) is 5.11 Å². The summed E-state index contributed by atoms with van der Waals surface area (Å²) in [6, 6.07) is 9.84. The number of azo groups is 1. The van der Waals surface area contributed by atoms with Crippen molar-refractivity contribution in [1.82, 2.24) is 9.78 Å². The van der Waals surface area contributed by atoms with E-state index in [4.69, 9.17) is 9.11 Å². The maximum atomic E-state index is 12.6. The van der Waals surface area contributed by atoms with Crippen molar-refractivity contribution in [2.24, 2.45) is 10.2 Å². The number of aromatic amines is 1. The molecule has 3 aromatic rings. The van der Waals surface area contributed by atoms with E-state index in [0.29, 0.717) is 11.4 Å². The zero-order valence-electron chi connectivity index (χ0n) is 14.7. The van der Waals surface area contributed by atoms with E-state index in [2.05, 4.69) is 15.3 Å². The van der Waals surface area contributed by atoms with Crippen molar-refractivity contribution in [3.05, 3.63) is 64.6 Å². The Balaban J connectivity index is 1.92. The van der Waals surface area contributed by atoms with Gasteiger partial charge in [0.25, 0.3) is 25.8 Å². The van der Waals surface area contributed by atoms with Crippen LogP contribution >= 0.6 is 0 Å². The van der Waals surface area contributed by atoms with E-state index in [-0.39, 0.29) is 21.2 Å². The number of H-pyrrole nitrogens is 1. The molecule has 1 heterocycles. The molecule has 13 heteroatoms. The Morgan fingerprint density at radius 1 is 0.828 bits per heavy atom. The maximum Gasteiger partial charge on any atom is 0.299 e. The van der Waals surface area contributed by atoms with Crippen LogP contribution in [-0.4, -0.2) is 35.7 Å². The number of benzene rings is 2. The lowest BCUT2D eigenvalue weighted by Gasteiger charge is -2.02. The summed E-state index contributed by atoms with van der Waals surface area (Å²) < 4.78 is 63.4. The van der Waals surface area contributed by atoms with Crippen molar-refractivity contribution in [3.8, 4) is 5.69 Å². The van der Waals surface area contributed by atoms with E-state index >= 15 is 0 Å². The second-order valence-corrected chi connectivity index (χ2v) is 8.71. The van der Waals surface area contributed by atoms with Crippen LogP contribution in [0.25, 0.3) is 5.69 Å². The van der Waals surface area contributed by atoms with Gasteiger partial charge in [0.15, 0.2) is 5.69 Å². The number of hydrogen-bond acceptors (Lipinski definition) is 7. The van der Waals surface area contributed by atoms with Crippen LogP contribution in [0.4, 0.5) is 11.4 Å². The molecule has 0 amide bonds. The number of hydrogen-bond donors (Lipinski definition) is 3. The first-order valence-corrected chi connectivity index (χ1v) is 10.7. The Kier molecular flexibility index (Phi) is 5.23. The predicted octanol–water partition coefficient (Wildman–Crippen LogP) is 2.38. The molecule has 0 aliphatic heterocycles. The molecule has 0 saturated carbocycles. The van der Waals surface area contributed by atoms with E-state index in [1.165, 1.54) is 24.3 Å². The van der Waals surface area contributed by atoms with Crippen molar-refractivity contribution in [1.29, 1.82) is 0 Å².